The van der Waals surface area contributed by atoms with Crippen LogP contribution < -0.4 is 0 Å². The first kappa shape index (κ1) is 18.3. The zero-order valence-electron chi connectivity index (χ0n) is 13.8. The second-order valence-corrected chi connectivity index (χ2v) is 6.22. The molecule has 3 rings (SSSR count). The van der Waals surface area contributed by atoms with E-state index in [9.17, 15) is 23.1 Å². The van der Waals surface area contributed by atoms with E-state index < -0.39 is 30.0 Å². The van der Waals surface area contributed by atoms with Crippen LogP contribution in [0.3, 0.4) is 0 Å². The molecule has 7 heteroatoms. The van der Waals surface area contributed by atoms with Crippen molar-refractivity contribution in [3.05, 3.63) is 71.3 Å². The molecule has 1 aliphatic rings. The first-order valence-corrected chi connectivity index (χ1v) is 8.17. The number of carbonyl (C=O) groups is 1. The minimum atomic E-state index is -4.47. The quantitative estimate of drug-likeness (QED) is 0.889. The lowest BCUT2D eigenvalue weighted by Crippen LogP contribution is -2.32. The third-order valence-electron chi connectivity index (χ3n) is 4.32. The second kappa shape index (κ2) is 7.37. The highest BCUT2D eigenvalue weighted by atomic mass is 19.4. The van der Waals surface area contributed by atoms with Crippen LogP contribution in [0.4, 0.5) is 18.0 Å². The number of carbonyl (C=O) groups excluding carboxylic acids is 1. The van der Waals surface area contributed by atoms with Crippen molar-refractivity contribution in [1.82, 2.24) is 4.90 Å². The minimum Gasteiger partial charge on any atom is -0.445 e. The average Bonchev–Trinajstić information content (AvgIpc) is 3.02. The number of ether oxygens (including phenoxy) is 1. The molecule has 138 valence electrons. The number of aliphatic hydroxyl groups is 1. The van der Waals surface area contributed by atoms with Crippen molar-refractivity contribution in [2.45, 2.75) is 31.3 Å². The van der Waals surface area contributed by atoms with Gasteiger partial charge in [0.1, 0.15) is 6.61 Å². The molecule has 2 atom stereocenters. The number of rotatable bonds is 3. The van der Waals surface area contributed by atoms with E-state index in [1.165, 1.54) is 17.0 Å². The highest BCUT2D eigenvalue weighted by Crippen LogP contribution is 2.36. The van der Waals surface area contributed by atoms with Gasteiger partial charge in [-0.1, -0.05) is 42.5 Å². The lowest BCUT2D eigenvalue weighted by Gasteiger charge is -2.24. The molecule has 0 bridgehead atoms. The van der Waals surface area contributed by atoms with Gasteiger partial charge in [-0.15, -0.1) is 0 Å². The molecule has 1 heterocycles. The fourth-order valence-corrected chi connectivity index (χ4v) is 3.06. The van der Waals surface area contributed by atoms with Crippen molar-refractivity contribution in [1.29, 1.82) is 0 Å². The van der Waals surface area contributed by atoms with E-state index >= 15 is 0 Å². The molecule has 1 saturated heterocycles. The predicted octanol–water partition coefficient (Wildman–Crippen LogP) is 4.15. The summed E-state index contributed by atoms with van der Waals surface area (Å²) < 4.78 is 44.1. The van der Waals surface area contributed by atoms with E-state index in [1.807, 2.05) is 18.2 Å². The Morgan fingerprint density at radius 1 is 1.15 bits per heavy atom. The molecule has 2 aromatic carbocycles. The van der Waals surface area contributed by atoms with Gasteiger partial charge in [0.2, 0.25) is 0 Å². The van der Waals surface area contributed by atoms with Gasteiger partial charge in [0, 0.05) is 0 Å². The van der Waals surface area contributed by atoms with Crippen LogP contribution in [-0.4, -0.2) is 28.7 Å². The van der Waals surface area contributed by atoms with Crippen molar-refractivity contribution < 1.29 is 27.8 Å². The van der Waals surface area contributed by atoms with E-state index in [0.29, 0.717) is 5.56 Å². The summed E-state index contributed by atoms with van der Waals surface area (Å²) in [6, 6.07) is 13.2. The second-order valence-electron chi connectivity index (χ2n) is 6.22. The van der Waals surface area contributed by atoms with Crippen LogP contribution in [0, 0.1) is 0 Å². The van der Waals surface area contributed by atoms with E-state index in [0.717, 1.165) is 17.7 Å². The Labute approximate surface area is 148 Å². The molecule has 1 amide bonds. The van der Waals surface area contributed by atoms with Gasteiger partial charge in [-0.3, -0.25) is 4.90 Å². The SMILES string of the molecule is O=C(OCc1ccccc1)N1CC(O)CC1c1cccc(C(F)(F)F)c1. The van der Waals surface area contributed by atoms with Crippen molar-refractivity contribution >= 4 is 6.09 Å². The fourth-order valence-electron chi connectivity index (χ4n) is 3.06. The largest absolute Gasteiger partial charge is 0.445 e. The van der Waals surface area contributed by atoms with E-state index in [2.05, 4.69) is 0 Å². The number of likely N-dealkylation sites (tertiary alicyclic amines) is 1. The molecule has 1 aliphatic heterocycles. The van der Waals surface area contributed by atoms with Gasteiger partial charge in [-0.2, -0.15) is 13.2 Å². The Balaban J connectivity index is 1.75. The van der Waals surface area contributed by atoms with Crippen LogP contribution >= 0.6 is 0 Å². The van der Waals surface area contributed by atoms with Crippen LogP contribution in [0.2, 0.25) is 0 Å². The van der Waals surface area contributed by atoms with Crippen LogP contribution in [0.15, 0.2) is 54.6 Å². The number of nitrogens with zero attached hydrogens (tertiary/aromatic N) is 1. The van der Waals surface area contributed by atoms with Gasteiger partial charge >= 0.3 is 12.3 Å². The Morgan fingerprint density at radius 2 is 1.88 bits per heavy atom. The minimum absolute atomic E-state index is 0.0224. The number of amides is 1. The topological polar surface area (TPSA) is 49.8 Å². The van der Waals surface area contributed by atoms with Gasteiger partial charge in [-0.05, 0) is 29.7 Å². The summed E-state index contributed by atoms with van der Waals surface area (Å²) in [5.41, 5.74) is 0.346. The van der Waals surface area contributed by atoms with Crippen LogP contribution in [0.1, 0.15) is 29.2 Å². The van der Waals surface area contributed by atoms with Crippen LogP contribution in [0.25, 0.3) is 0 Å². The molecule has 0 aliphatic carbocycles. The van der Waals surface area contributed by atoms with E-state index in [-0.39, 0.29) is 19.6 Å². The molecule has 2 unspecified atom stereocenters. The number of alkyl halides is 3. The molecule has 0 saturated carbocycles. The van der Waals surface area contributed by atoms with Gasteiger partial charge in [0.15, 0.2) is 0 Å². The summed E-state index contributed by atoms with van der Waals surface area (Å²) in [7, 11) is 0. The molecular formula is C19H18F3NO3. The Hall–Kier alpha value is -2.54. The summed E-state index contributed by atoms with van der Waals surface area (Å²) in [6.07, 6.45) is -5.76. The number of hydrogen-bond acceptors (Lipinski definition) is 3. The molecule has 0 spiro atoms. The molecule has 4 nitrogen and oxygen atoms in total. The Morgan fingerprint density at radius 3 is 2.58 bits per heavy atom. The summed E-state index contributed by atoms with van der Waals surface area (Å²) in [6.45, 7) is 0.0795. The molecular weight excluding hydrogens is 347 g/mol. The normalized spacial score (nSPS) is 20.2. The molecule has 2 aromatic rings. The zero-order valence-corrected chi connectivity index (χ0v) is 13.8. The van der Waals surface area contributed by atoms with Crippen molar-refractivity contribution in [3.63, 3.8) is 0 Å². The first-order chi connectivity index (χ1) is 12.3. The van der Waals surface area contributed by atoms with Gasteiger partial charge in [-0.25, -0.2) is 4.79 Å². The third-order valence-corrected chi connectivity index (χ3v) is 4.32. The molecule has 0 radical (unpaired) electrons. The molecule has 0 aromatic heterocycles. The molecule has 1 N–H and O–H groups in total. The maximum absolute atomic E-state index is 12.9. The average molecular weight is 365 g/mol. The maximum Gasteiger partial charge on any atom is 0.416 e. The summed E-state index contributed by atoms with van der Waals surface area (Å²) in [5, 5.41) is 9.92. The number of halogens is 3. The number of β-amino-alcohol motifs (C(OH)–C–C–N with tert-alkyl or cyclic N) is 1. The fraction of sp³-hybridized carbons (Fsp3) is 0.316. The zero-order chi connectivity index (χ0) is 18.7. The van der Waals surface area contributed by atoms with Crippen LogP contribution in [0.5, 0.6) is 0 Å². The smallest absolute Gasteiger partial charge is 0.416 e. The van der Waals surface area contributed by atoms with E-state index in [4.69, 9.17) is 4.74 Å². The van der Waals surface area contributed by atoms with E-state index in [1.54, 1.807) is 12.1 Å². The van der Waals surface area contributed by atoms with Gasteiger partial charge in [0.05, 0.1) is 24.3 Å². The highest BCUT2D eigenvalue weighted by molar-refractivity contribution is 5.69. The first-order valence-electron chi connectivity index (χ1n) is 8.17. The van der Waals surface area contributed by atoms with Crippen molar-refractivity contribution in [2.75, 3.05) is 6.54 Å². The standard InChI is InChI=1S/C19H18F3NO3/c20-19(21,22)15-8-4-7-14(9-15)17-10-16(24)11-23(17)18(25)26-12-13-5-2-1-3-6-13/h1-9,16-17,24H,10-12H2. The van der Waals surface area contributed by atoms with Crippen LogP contribution in [-0.2, 0) is 17.5 Å². The summed E-state index contributed by atoms with van der Waals surface area (Å²) in [4.78, 5) is 13.7. The van der Waals surface area contributed by atoms with Gasteiger partial charge < -0.3 is 9.84 Å². The van der Waals surface area contributed by atoms with Crippen molar-refractivity contribution in [2.24, 2.45) is 0 Å². The van der Waals surface area contributed by atoms with Gasteiger partial charge in [0.25, 0.3) is 0 Å². The van der Waals surface area contributed by atoms with Crippen molar-refractivity contribution in [3.8, 4) is 0 Å². The Bertz CT molecular complexity index is 764. The third kappa shape index (κ3) is 4.16. The highest BCUT2D eigenvalue weighted by Gasteiger charge is 2.38. The number of hydrogen-bond donors (Lipinski definition) is 1. The summed E-state index contributed by atoms with van der Waals surface area (Å²) >= 11 is 0. The lowest BCUT2D eigenvalue weighted by atomic mass is 10.0. The Kier molecular flexibility index (Phi) is 5.18. The number of aliphatic hydroxyl groups excluding tert-OH is 1. The molecule has 26 heavy (non-hydrogen) atoms. The monoisotopic (exact) mass is 365 g/mol. The number of benzene rings is 2. The predicted molar refractivity (Wildman–Crippen MR) is 88.1 cm³/mol. The summed E-state index contributed by atoms with van der Waals surface area (Å²) in [5.74, 6) is 0. The molecule has 1 fully saturated rings. The lowest BCUT2D eigenvalue weighted by molar-refractivity contribution is -0.137. The maximum atomic E-state index is 12.9.